The number of hydrazine groups is 2. The molecule has 4 aliphatic carbocycles. The van der Waals surface area contributed by atoms with E-state index in [1.165, 1.54) is 89.1 Å². The van der Waals surface area contributed by atoms with E-state index in [0.29, 0.717) is 43.7 Å². The Morgan fingerprint density at radius 1 is 0.520 bits per heavy atom. The molecule has 1 amide bonds. The van der Waals surface area contributed by atoms with E-state index in [9.17, 15) is 9.59 Å². The van der Waals surface area contributed by atoms with Crippen LogP contribution in [-0.2, 0) is 44.0 Å². The van der Waals surface area contributed by atoms with Crippen molar-refractivity contribution in [2.75, 3.05) is 30.7 Å². The first-order chi connectivity index (χ1) is 47.7. The molecule has 10 aromatic heterocycles. The van der Waals surface area contributed by atoms with Gasteiger partial charge >= 0.3 is 5.97 Å². The van der Waals surface area contributed by atoms with Crippen molar-refractivity contribution in [3.8, 4) is 0 Å². The van der Waals surface area contributed by atoms with Crippen molar-refractivity contribution in [2.24, 2.45) is 17.7 Å². The third kappa shape index (κ3) is 21.9. The number of halogens is 1. The molecule has 0 atom stereocenters. The van der Waals surface area contributed by atoms with Crippen molar-refractivity contribution in [3.05, 3.63) is 85.5 Å². The first-order valence-electron chi connectivity index (χ1n) is 36.2. The number of carbonyl (C=O) groups excluding carboxylic acids is 1. The fraction of sp³-hybridized carbons (Fsp3) is 0.600. The third-order valence-electron chi connectivity index (χ3n) is 19.1. The number of amides is 1. The molecule has 26 nitrogen and oxygen atoms in total. The second kappa shape index (κ2) is 36.6. The highest BCUT2D eigenvalue weighted by molar-refractivity contribution is 6.76. The Balaban J connectivity index is 0.000000150. The van der Waals surface area contributed by atoms with Gasteiger partial charge in [0.05, 0.1) is 41.7 Å². The summed E-state index contributed by atoms with van der Waals surface area (Å²) in [5.74, 6) is 9.21. The maximum atomic E-state index is 12.2. The molecule has 10 aromatic rings. The van der Waals surface area contributed by atoms with Crippen molar-refractivity contribution in [1.29, 1.82) is 0 Å². The second-order valence-corrected chi connectivity index (χ2v) is 47.6. The molecule has 0 spiro atoms. The number of nitrogen functional groups attached to an aromatic ring is 1. The van der Waals surface area contributed by atoms with Gasteiger partial charge < -0.3 is 43.4 Å². The molecule has 7 N–H and O–H groups in total. The lowest BCUT2D eigenvalue weighted by molar-refractivity contribution is -0.142. The van der Waals surface area contributed by atoms with Crippen molar-refractivity contribution < 1.29 is 28.9 Å². The lowest BCUT2D eigenvalue weighted by Gasteiger charge is -2.20. The van der Waals surface area contributed by atoms with E-state index in [4.69, 9.17) is 25.2 Å². The Bertz CT molecular complexity index is 4160. The van der Waals surface area contributed by atoms with Gasteiger partial charge in [-0.25, -0.2) is 35.7 Å². The number of hydrogen-bond acceptors (Lipinski definition) is 18. The van der Waals surface area contributed by atoms with Crippen molar-refractivity contribution >= 4 is 116 Å². The molecule has 30 heteroatoms. The molecule has 0 radical (unpaired) electrons. The first kappa shape index (κ1) is 76.9. The average molecular weight is 1450 g/mol. The molecule has 0 bridgehead atoms. The molecule has 4 fully saturated rings. The predicted octanol–water partition coefficient (Wildman–Crippen LogP) is 15.0. The molecule has 0 aromatic carbocycles. The average Bonchev–Trinajstić information content (AvgIpc) is 1.60. The van der Waals surface area contributed by atoms with Crippen LogP contribution in [0.15, 0.2) is 73.8 Å². The van der Waals surface area contributed by atoms with Crippen LogP contribution in [0.25, 0.3) is 55.9 Å². The van der Waals surface area contributed by atoms with E-state index in [2.05, 4.69) is 156 Å². The number of ether oxygens (including phenoxy) is 3. The van der Waals surface area contributed by atoms with Crippen molar-refractivity contribution in [2.45, 2.75) is 238 Å². The highest BCUT2D eigenvalue weighted by Gasteiger charge is 2.26. The quantitative estimate of drug-likeness (QED) is 0.0159. The summed E-state index contributed by atoms with van der Waals surface area (Å²) in [6.45, 7) is 25.1. The van der Waals surface area contributed by atoms with E-state index >= 15 is 0 Å². The summed E-state index contributed by atoms with van der Waals surface area (Å²) in [6.07, 6.45) is 38.2. The zero-order chi connectivity index (χ0) is 69.9. The van der Waals surface area contributed by atoms with Gasteiger partial charge in [0, 0.05) is 86.6 Å². The number of nitrogens with one attached hydrogen (secondary N) is 4. The van der Waals surface area contributed by atoms with Crippen LogP contribution in [0.2, 0.25) is 77.1 Å². The lowest BCUT2D eigenvalue weighted by Crippen LogP contribution is -2.36. The number of aromatic nitrogens is 16. The standard InChI is InChI=1S/C19H31N5O2Si.C19H29N5OSi.C13H15N5.C12H21N5OSi.C7H12O2.ClH/c1-27(2,3)12-11-26-14-24-10-9-16-18(24)20-13-17(21-16)22-23-19(25)15-7-5-4-6-8-15;1-26(2,3)12-11-25-14-23-10-9-16-19(23)20-13-17-21-22-18(24(16)17)15-7-5-4-6-8-15;1-2-4-9(5-3-1)13-17-16-11-8-15-12-10(18(11)13)6-7-14-12;1-19(2,3)7-6-18-9-17-5-4-10-12(17)14-8-11(15-10)16-13;8-7(9)6-4-2-1-3-5-6;/h9-10,13,15H,4-8,11-12,14H2,1-3H3,(H,21,22)(H,23,25);9-10,13,15H,4-8,11-12,14H2,1-3H3;6-9,14H,1-5H2;4-5,8H,6-7,9,13H2,1-3H3,(H,15,16);6H,1-5H2,(H,8,9);1H. The first-order valence-corrected chi connectivity index (χ1v) is 47.3. The number of aromatic amines is 1. The number of carboxylic acid groups (broad SMARTS) is 1. The number of nitrogens with zero attached hydrogens (tertiary/aromatic N) is 15. The predicted molar refractivity (Wildman–Crippen MR) is 406 cm³/mol. The zero-order valence-electron chi connectivity index (χ0n) is 60.4. The molecule has 4 saturated carbocycles. The van der Waals surface area contributed by atoms with Crippen LogP contribution in [0.4, 0.5) is 11.6 Å². The van der Waals surface area contributed by atoms with Crippen LogP contribution < -0.4 is 22.1 Å². The van der Waals surface area contributed by atoms with Gasteiger partial charge in [-0.05, 0) is 93.8 Å². The fourth-order valence-electron chi connectivity index (χ4n) is 13.1. The Kier molecular flexibility index (Phi) is 28.1. The largest absolute Gasteiger partial charge is 0.481 e. The molecule has 544 valence electrons. The van der Waals surface area contributed by atoms with Crippen LogP contribution in [0, 0.1) is 11.8 Å². The molecule has 4 aliphatic rings. The van der Waals surface area contributed by atoms with E-state index in [1.54, 1.807) is 18.6 Å². The number of fused-ring (bicyclic) bond motifs is 8. The number of H-pyrrole nitrogens is 1. The van der Waals surface area contributed by atoms with Crippen LogP contribution in [0.5, 0.6) is 0 Å². The molecule has 10 heterocycles. The number of nitrogens with two attached hydrogens (primary N) is 1. The summed E-state index contributed by atoms with van der Waals surface area (Å²) in [4.78, 5) is 52.3. The third-order valence-corrected chi connectivity index (χ3v) is 24.2. The van der Waals surface area contributed by atoms with Gasteiger partial charge in [0.15, 0.2) is 45.5 Å². The van der Waals surface area contributed by atoms with E-state index in [1.807, 2.05) is 52.1 Å². The monoisotopic (exact) mass is 1440 g/mol. The Morgan fingerprint density at radius 3 is 1.41 bits per heavy atom. The van der Waals surface area contributed by atoms with Gasteiger partial charge in [-0.2, -0.15) is 0 Å². The number of carboxylic acids is 1. The molecular weight excluding hydrogens is 1340 g/mol. The summed E-state index contributed by atoms with van der Waals surface area (Å²) in [6, 6.07) is 11.5. The van der Waals surface area contributed by atoms with E-state index < -0.39 is 30.2 Å². The van der Waals surface area contributed by atoms with Crippen LogP contribution in [0.3, 0.4) is 0 Å². The van der Waals surface area contributed by atoms with E-state index in [-0.39, 0.29) is 30.2 Å². The summed E-state index contributed by atoms with van der Waals surface area (Å²) in [7, 11) is -3.16. The molecule has 0 aliphatic heterocycles. The minimum absolute atomic E-state index is 0. The number of carbonyl (C=O) groups is 2. The summed E-state index contributed by atoms with van der Waals surface area (Å²) < 4.78 is 27.8. The van der Waals surface area contributed by atoms with Gasteiger partial charge in [-0.15, -0.1) is 32.8 Å². The highest BCUT2D eigenvalue weighted by atomic mass is 35.5. The number of anilines is 2. The maximum Gasteiger partial charge on any atom is 0.306 e. The number of aliphatic carboxylic acids is 1. The van der Waals surface area contributed by atoms with Crippen molar-refractivity contribution in [3.63, 3.8) is 0 Å². The fourth-order valence-corrected chi connectivity index (χ4v) is 15.4. The zero-order valence-corrected chi connectivity index (χ0v) is 64.2. The van der Waals surface area contributed by atoms with Gasteiger partial charge in [-0.3, -0.25) is 29.2 Å². The molecule has 100 heavy (non-hydrogen) atoms. The van der Waals surface area contributed by atoms with Gasteiger partial charge in [0.2, 0.25) is 5.91 Å². The van der Waals surface area contributed by atoms with Crippen LogP contribution in [0.1, 0.15) is 152 Å². The second-order valence-electron chi connectivity index (χ2n) is 30.7. The van der Waals surface area contributed by atoms with Gasteiger partial charge in [-0.1, -0.05) is 136 Å². The van der Waals surface area contributed by atoms with Crippen LogP contribution in [-0.4, -0.2) is 139 Å². The smallest absolute Gasteiger partial charge is 0.306 e. The Hall–Kier alpha value is -7.26. The minimum Gasteiger partial charge on any atom is -0.481 e. The Morgan fingerprint density at radius 2 is 0.940 bits per heavy atom. The topological polar surface area (TPSA) is 312 Å². The normalized spacial score (nSPS) is 16.1. The lowest BCUT2D eigenvalue weighted by atomic mass is 9.89. The summed E-state index contributed by atoms with van der Waals surface area (Å²) in [5.41, 5.74) is 17.1. The van der Waals surface area contributed by atoms with Gasteiger partial charge in [0.1, 0.15) is 42.9 Å². The molecule has 0 saturated heterocycles. The van der Waals surface area contributed by atoms with Gasteiger partial charge in [0.25, 0.3) is 0 Å². The van der Waals surface area contributed by atoms with E-state index in [0.717, 1.165) is 145 Å². The molecule has 0 unspecified atom stereocenters. The summed E-state index contributed by atoms with van der Waals surface area (Å²) >= 11 is 0. The Labute approximate surface area is 596 Å². The summed E-state index contributed by atoms with van der Waals surface area (Å²) in [5, 5.41) is 26.1. The maximum absolute atomic E-state index is 12.2. The van der Waals surface area contributed by atoms with Crippen LogP contribution >= 0.6 is 12.4 Å². The molecule has 14 rings (SSSR count). The van der Waals surface area contributed by atoms with Crippen molar-refractivity contribution in [1.82, 2.24) is 83.2 Å². The highest BCUT2D eigenvalue weighted by Crippen LogP contribution is 2.35. The minimum atomic E-state index is -1.08. The number of rotatable bonds is 22. The number of hydrogen-bond donors (Lipinski definition) is 6. The SMILES string of the molecule is C[Si](C)(C)CCOCn1ccc2c1ncc1nnc(C3CCCCC3)n12.C[Si](C)(C)CCOCn1ccc2nc(NN)cnc21.C[Si](C)(C)CCOCn1ccc2nc(NNC(=O)C3CCCCC3)cnc21.Cl.O=C(O)C1CCCCC1.c1cc2c(ncc3nnc(C4CCCCC4)n32)[nH]1. The molecular formula is C70H109ClN20O6Si3.